The number of carbonyl (C=O) groups is 2. The molecule has 0 radical (unpaired) electrons. The lowest BCUT2D eigenvalue weighted by Gasteiger charge is -2.34. The summed E-state index contributed by atoms with van der Waals surface area (Å²) in [5, 5.41) is 3.36. The van der Waals surface area contributed by atoms with Crippen LogP contribution in [0.2, 0.25) is 10.0 Å². The lowest BCUT2D eigenvalue weighted by atomic mass is 10.0. The van der Waals surface area contributed by atoms with E-state index >= 15 is 0 Å². The topological polar surface area (TPSA) is 86.8 Å². The number of nitrogens with zero attached hydrogens (tertiary/aromatic N) is 2. The maximum Gasteiger partial charge on any atom is 0.264 e. The molecule has 4 aromatic carbocycles. The van der Waals surface area contributed by atoms with Crippen molar-refractivity contribution < 1.29 is 18.0 Å². The molecule has 230 valence electrons. The first-order chi connectivity index (χ1) is 21.1. The van der Waals surface area contributed by atoms with Crippen molar-refractivity contribution in [2.24, 2.45) is 5.92 Å². The Bertz CT molecular complexity index is 1650. The molecule has 0 aliphatic heterocycles. The zero-order valence-corrected chi connectivity index (χ0v) is 26.9. The third kappa shape index (κ3) is 8.62. The van der Waals surface area contributed by atoms with Crippen LogP contribution in [0.3, 0.4) is 0 Å². The molecule has 4 rings (SSSR count). The molecule has 0 aliphatic carbocycles. The van der Waals surface area contributed by atoms with E-state index in [2.05, 4.69) is 5.32 Å². The van der Waals surface area contributed by atoms with Crippen molar-refractivity contribution in [3.8, 4) is 0 Å². The number of hydrogen-bond acceptors (Lipinski definition) is 4. The molecular weight excluding hydrogens is 617 g/mol. The number of amides is 2. The first-order valence-electron chi connectivity index (χ1n) is 14.2. The number of halogens is 2. The average Bonchev–Trinajstić information content (AvgIpc) is 3.02. The molecule has 4 aromatic rings. The van der Waals surface area contributed by atoms with Crippen molar-refractivity contribution in [1.29, 1.82) is 0 Å². The van der Waals surface area contributed by atoms with Crippen LogP contribution in [0.1, 0.15) is 25.0 Å². The molecule has 0 aliphatic rings. The van der Waals surface area contributed by atoms with Gasteiger partial charge in [0.05, 0.1) is 15.6 Å². The van der Waals surface area contributed by atoms with Gasteiger partial charge in [-0.1, -0.05) is 116 Å². The van der Waals surface area contributed by atoms with Gasteiger partial charge in [-0.05, 0) is 47.4 Å². The third-order valence-corrected chi connectivity index (χ3v) is 9.25. The highest BCUT2D eigenvalue weighted by molar-refractivity contribution is 7.92. The normalized spacial score (nSPS) is 12.0. The zero-order valence-electron chi connectivity index (χ0n) is 24.6. The first kappa shape index (κ1) is 33.1. The summed E-state index contributed by atoms with van der Waals surface area (Å²) in [6.45, 7) is 3.88. The van der Waals surface area contributed by atoms with Gasteiger partial charge in [0.2, 0.25) is 11.8 Å². The van der Waals surface area contributed by atoms with Gasteiger partial charge in [0.1, 0.15) is 12.6 Å². The van der Waals surface area contributed by atoms with Crippen molar-refractivity contribution in [1.82, 2.24) is 10.2 Å². The molecule has 7 nitrogen and oxygen atoms in total. The fourth-order valence-electron chi connectivity index (χ4n) is 4.67. The van der Waals surface area contributed by atoms with Crippen LogP contribution in [0, 0.1) is 5.92 Å². The largest absolute Gasteiger partial charge is 0.354 e. The minimum atomic E-state index is -4.26. The van der Waals surface area contributed by atoms with E-state index < -0.39 is 28.5 Å². The predicted molar refractivity (Wildman–Crippen MR) is 176 cm³/mol. The van der Waals surface area contributed by atoms with Gasteiger partial charge in [-0.25, -0.2) is 8.42 Å². The Morgan fingerprint density at radius 2 is 1.36 bits per heavy atom. The average molecular weight is 653 g/mol. The minimum absolute atomic E-state index is 0.0102. The molecule has 0 spiro atoms. The summed E-state index contributed by atoms with van der Waals surface area (Å²) in [6.07, 6.45) is 0.233. The Hall–Kier alpha value is -3.85. The minimum Gasteiger partial charge on any atom is -0.354 e. The SMILES string of the molecule is CC(C)CNC(=O)C(Cc1ccccc1)N(Cc1ccccc1)C(=O)CN(c1ccc(Cl)cc1Cl)S(=O)(=O)c1ccccc1. The summed E-state index contributed by atoms with van der Waals surface area (Å²) in [7, 11) is -4.26. The van der Waals surface area contributed by atoms with E-state index in [1.165, 1.54) is 35.2 Å². The van der Waals surface area contributed by atoms with Crippen molar-refractivity contribution in [2.45, 2.75) is 37.8 Å². The molecule has 0 saturated carbocycles. The number of benzene rings is 4. The van der Waals surface area contributed by atoms with E-state index in [1.807, 2.05) is 74.5 Å². The van der Waals surface area contributed by atoms with Crippen LogP contribution < -0.4 is 9.62 Å². The second kappa shape index (κ2) is 15.2. The van der Waals surface area contributed by atoms with Crippen LogP contribution in [-0.2, 0) is 32.6 Å². The van der Waals surface area contributed by atoms with Crippen LogP contribution in [-0.4, -0.2) is 44.3 Å². The van der Waals surface area contributed by atoms with Crippen molar-refractivity contribution in [3.05, 3.63) is 130 Å². The van der Waals surface area contributed by atoms with Crippen molar-refractivity contribution >= 4 is 50.7 Å². The Labute approximate surface area is 269 Å². The predicted octanol–water partition coefficient (Wildman–Crippen LogP) is 6.60. The lowest BCUT2D eigenvalue weighted by molar-refractivity contribution is -0.140. The maximum atomic E-state index is 14.4. The van der Waals surface area contributed by atoms with Gasteiger partial charge in [0, 0.05) is 24.5 Å². The number of sulfonamides is 1. The van der Waals surface area contributed by atoms with Crippen molar-refractivity contribution in [2.75, 3.05) is 17.4 Å². The van der Waals surface area contributed by atoms with Gasteiger partial charge in [-0.15, -0.1) is 0 Å². The summed E-state index contributed by atoms with van der Waals surface area (Å²) >= 11 is 12.7. The molecule has 1 unspecified atom stereocenters. The number of carbonyl (C=O) groups excluding carboxylic acids is 2. The van der Waals surface area contributed by atoms with Crippen LogP contribution in [0.15, 0.2) is 114 Å². The summed E-state index contributed by atoms with van der Waals surface area (Å²) in [5.41, 5.74) is 1.74. The number of nitrogens with one attached hydrogen (secondary N) is 1. The van der Waals surface area contributed by atoms with Crippen LogP contribution in [0.5, 0.6) is 0 Å². The molecule has 44 heavy (non-hydrogen) atoms. The number of anilines is 1. The highest BCUT2D eigenvalue weighted by Gasteiger charge is 2.35. The second-order valence-corrected chi connectivity index (χ2v) is 13.5. The van der Waals surface area contributed by atoms with Gasteiger partial charge in [0.15, 0.2) is 0 Å². The van der Waals surface area contributed by atoms with E-state index in [4.69, 9.17) is 23.2 Å². The lowest BCUT2D eigenvalue weighted by Crippen LogP contribution is -2.53. The molecule has 2 amide bonds. The Morgan fingerprint density at radius 1 is 0.795 bits per heavy atom. The smallest absolute Gasteiger partial charge is 0.264 e. The van der Waals surface area contributed by atoms with Crippen LogP contribution in [0.4, 0.5) is 5.69 Å². The van der Waals surface area contributed by atoms with Gasteiger partial charge >= 0.3 is 0 Å². The van der Waals surface area contributed by atoms with E-state index in [1.54, 1.807) is 18.2 Å². The molecule has 0 heterocycles. The monoisotopic (exact) mass is 651 g/mol. The standard InChI is InChI=1S/C34H35Cl2N3O4S/c1-25(2)22-37-34(41)32(20-26-12-6-3-7-13-26)38(23-27-14-8-4-9-15-27)33(40)24-39(31-19-18-28(35)21-30(31)36)44(42,43)29-16-10-5-11-17-29/h3-19,21,25,32H,20,22-24H2,1-2H3,(H,37,41). The fourth-order valence-corrected chi connectivity index (χ4v) is 6.69. The summed E-state index contributed by atoms with van der Waals surface area (Å²) in [4.78, 5) is 29.7. The Morgan fingerprint density at radius 3 is 1.93 bits per heavy atom. The maximum absolute atomic E-state index is 14.4. The molecule has 1 atom stereocenters. The molecule has 1 N–H and O–H groups in total. The van der Waals surface area contributed by atoms with Crippen molar-refractivity contribution in [3.63, 3.8) is 0 Å². The molecule has 10 heteroatoms. The summed E-state index contributed by atoms with van der Waals surface area (Å²) in [6, 6.07) is 30.0. The quantitative estimate of drug-likeness (QED) is 0.176. The second-order valence-electron chi connectivity index (χ2n) is 10.8. The van der Waals surface area contributed by atoms with E-state index in [0.717, 1.165) is 15.4 Å². The molecule has 0 fully saturated rings. The van der Waals surface area contributed by atoms with Crippen LogP contribution >= 0.6 is 23.2 Å². The molecule has 0 aromatic heterocycles. The van der Waals surface area contributed by atoms with Crippen LogP contribution in [0.25, 0.3) is 0 Å². The van der Waals surface area contributed by atoms with Gasteiger partial charge in [-0.2, -0.15) is 0 Å². The third-order valence-electron chi connectivity index (χ3n) is 6.94. The van der Waals surface area contributed by atoms with E-state index in [9.17, 15) is 18.0 Å². The van der Waals surface area contributed by atoms with E-state index in [-0.39, 0.29) is 40.4 Å². The van der Waals surface area contributed by atoms with Gasteiger partial charge < -0.3 is 10.2 Å². The van der Waals surface area contributed by atoms with E-state index in [0.29, 0.717) is 11.6 Å². The van der Waals surface area contributed by atoms with Gasteiger partial charge in [0.25, 0.3) is 10.0 Å². The zero-order chi connectivity index (χ0) is 31.7. The first-order valence-corrected chi connectivity index (χ1v) is 16.4. The van der Waals surface area contributed by atoms with Gasteiger partial charge in [-0.3, -0.25) is 13.9 Å². The highest BCUT2D eigenvalue weighted by atomic mass is 35.5. The Balaban J connectivity index is 1.80. The molecule has 0 saturated heterocycles. The fraction of sp³-hybridized carbons (Fsp3) is 0.235. The Kier molecular flexibility index (Phi) is 11.4. The molecular formula is C34H35Cl2N3O4S. The highest BCUT2D eigenvalue weighted by Crippen LogP contribution is 2.33. The number of hydrogen-bond donors (Lipinski definition) is 1. The summed E-state index contributed by atoms with van der Waals surface area (Å²) < 4.78 is 29.1. The number of rotatable bonds is 13. The molecule has 0 bridgehead atoms. The summed E-state index contributed by atoms with van der Waals surface area (Å²) in [5.74, 6) is -0.706.